The van der Waals surface area contributed by atoms with E-state index >= 15 is 0 Å². The van der Waals surface area contributed by atoms with Crippen molar-refractivity contribution in [3.05, 3.63) is 40.6 Å². The SMILES string of the molecule is CN(Cc1ncc[nH]1)C(=O)CNC(=O)c1cccs1. The molecule has 0 aliphatic heterocycles. The molecule has 0 atom stereocenters. The molecular weight excluding hydrogens is 264 g/mol. The molecule has 6 nitrogen and oxygen atoms in total. The molecule has 0 aliphatic rings. The van der Waals surface area contributed by atoms with Crippen LogP contribution in [0.1, 0.15) is 15.5 Å². The first kappa shape index (κ1) is 13.3. The molecule has 2 heterocycles. The van der Waals surface area contributed by atoms with Crippen LogP contribution in [0.4, 0.5) is 0 Å². The van der Waals surface area contributed by atoms with Crippen molar-refractivity contribution in [1.82, 2.24) is 20.2 Å². The Bertz CT molecular complexity index is 536. The number of nitrogens with one attached hydrogen (secondary N) is 2. The second-order valence-electron chi connectivity index (χ2n) is 3.95. The van der Waals surface area contributed by atoms with E-state index in [9.17, 15) is 9.59 Å². The summed E-state index contributed by atoms with van der Waals surface area (Å²) in [6.07, 6.45) is 3.33. The molecule has 0 radical (unpaired) electrons. The molecule has 7 heteroatoms. The van der Waals surface area contributed by atoms with Crippen molar-refractivity contribution in [3.63, 3.8) is 0 Å². The molecule has 0 saturated heterocycles. The average molecular weight is 278 g/mol. The molecule has 2 aromatic rings. The van der Waals surface area contributed by atoms with Crippen molar-refractivity contribution in [1.29, 1.82) is 0 Å². The second-order valence-corrected chi connectivity index (χ2v) is 4.89. The molecule has 0 aliphatic carbocycles. The minimum Gasteiger partial charge on any atom is -0.347 e. The Balaban J connectivity index is 1.79. The number of nitrogens with zero attached hydrogens (tertiary/aromatic N) is 2. The topological polar surface area (TPSA) is 78.1 Å². The molecule has 0 unspecified atom stereocenters. The highest BCUT2D eigenvalue weighted by atomic mass is 32.1. The van der Waals surface area contributed by atoms with Gasteiger partial charge in [-0.2, -0.15) is 0 Å². The zero-order chi connectivity index (χ0) is 13.7. The zero-order valence-electron chi connectivity index (χ0n) is 10.4. The molecule has 0 saturated carbocycles. The summed E-state index contributed by atoms with van der Waals surface area (Å²) < 4.78 is 0. The Hall–Kier alpha value is -2.15. The molecule has 19 heavy (non-hydrogen) atoms. The lowest BCUT2D eigenvalue weighted by atomic mass is 10.4. The molecule has 0 bridgehead atoms. The molecule has 100 valence electrons. The van der Waals surface area contributed by atoms with Gasteiger partial charge in [0.15, 0.2) is 0 Å². The first-order valence-electron chi connectivity index (χ1n) is 5.70. The number of thiophene rings is 1. The molecule has 0 aromatic carbocycles. The number of amides is 2. The summed E-state index contributed by atoms with van der Waals surface area (Å²) in [4.78, 5) is 32.5. The number of rotatable bonds is 5. The van der Waals surface area contributed by atoms with Crippen LogP contribution in [0.15, 0.2) is 29.9 Å². The lowest BCUT2D eigenvalue weighted by molar-refractivity contribution is -0.129. The molecular formula is C12H14N4O2S. The van der Waals surface area contributed by atoms with Crippen molar-refractivity contribution in [2.45, 2.75) is 6.54 Å². The van der Waals surface area contributed by atoms with Crippen molar-refractivity contribution in [2.75, 3.05) is 13.6 Å². The van der Waals surface area contributed by atoms with E-state index in [-0.39, 0.29) is 18.4 Å². The van der Waals surface area contributed by atoms with Gasteiger partial charge >= 0.3 is 0 Å². The summed E-state index contributed by atoms with van der Waals surface area (Å²) in [6.45, 7) is 0.370. The molecule has 2 rings (SSSR count). The summed E-state index contributed by atoms with van der Waals surface area (Å²) in [5.74, 6) is 0.316. The number of likely N-dealkylation sites (N-methyl/N-ethyl adjacent to an activating group) is 1. The number of imidazole rings is 1. The van der Waals surface area contributed by atoms with Crippen molar-refractivity contribution in [2.24, 2.45) is 0 Å². The van der Waals surface area contributed by atoms with Crippen molar-refractivity contribution < 1.29 is 9.59 Å². The fourth-order valence-corrected chi connectivity index (χ4v) is 2.12. The van der Waals surface area contributed by atoms with Crippen LogP contribution in [-0.4, -0.2) is 40.3 Å². The van der Waals surface area contributed by atoms with E-state index in [4.69, 9.17) is 0 Å². The van der Waals surface area contributed by atoms with E-state index in [0.29, 0.717) is 17.2 Å². The highest BCUT2D eigenvalue weighted by Crippen LogP contribution is 2.07. The van der Waals surface area contributed by atoms with Crippen LogP contribution in [0.2, 0.25) is 0 Å². The van der Waals surface area contributed by atoms with Crippen LogP contribution < -0.4 is 5.32 Å². The fourth-order valence-electron chi connectivity index (χ4n) is 1.48. The van der Waals surface area contributed by atoms with Gasteiger partial charge in [0.05, 0.1) is 18.0 Å². The summed E-state index contributed by atoms with van der Waals surface area (Å²) in [6, 6.07) is 3.52. The Morgan fingerprint density at radius 2 is 2.37 bits per heavy atom. The second kappa shape index (κ2) is 6.14. The molecule has 2 amide bonds. The Kier molecular flexibility index (Phi) is 4.30. The van der Waals surface area contributed by atoms with Gasteiger partial charge in [0.2, 0.25) is 5.91 Å². The maximum absolute atomic E-state index is 11.8. The van der Waals surface area contributed by atoms with Crippen LogP contribution in [-0.2, 0) is 11.3 Å². The summed E-state index contributed by atoms with van der Waals surface area (Å²) in [5, 5.41) is 4.41. The van der Waals surface area contributed by atoms with Crippen LogP contribution in [0.5, 0.6) is 0 Å². The number of hydrogen-bond donors (Lipinski definition) is 2. The number of aromatic amines is 1. The maximum atomic E-state index is 11.8. The number of carbonyl (C=O) groups excluding carboxylic acids is 2. The van der Waals surface area contributed by atoms with Crippen LogP contribution >= 0.6 is 11.3 Å². The predicted octanol–water partition coefficient (Wildman–Crippen LogP) is 0.860. The third-order valence-corrected chi connectivity index (χ3v) is 3.38. The monoisotopic (exact) mass is 278 g/mol. The van der Waals surface area contributed by atoms with Gasteiger partial charge in [0, 0.05) is 19.4 Å². The van der Waals surface area contributed by atoms with E-state index < -0.39 is 0 Å². The Morgan fingerprint density at radius 3 is 3.00 bits per heavy atom. The first-order chi connectivity index (χ1) is 9.16. The lowest BCUT2D eigenvalue weighted by Crippen LogP contribution is -2.37. The van der Waals surface area contributed by atoms with Gasteiger partial charge in [0.25, 0.3) is 5.91 Å². The molecule has 0 fully saturated rings. The van der Waals surface area contributed by atoms with Gasteiger partial charge in [-0.3, -0.25) is 9.59 Å². The third-order valence-electron chi connectivity index (χ3n) is 2.51. The van der Waals surface area contributed by atoms with Gasteiger partial charge < -0.3 is 15.2 Å². The third kappa shape index (κ3) is 3.65. The summed E-state index contributed by atoms with van der Waals surface area (Å²) in [7, 11) is 1.67. The van der Waals surface area contributed by atoms with Gasteiger partial charge in [-0.15, -0.1) is 11.3 Å². The fraction of sp³-hybridized carbons (Fsp3) is 0.250. The van der Waals surface area contributed by atoms with Crippen molar-refractivity contribution >= 4 is 23.2 Å². The minimum absolute atomic E-state index is 0.0199. The number of hydrogen-bond acceptors (Lipinski definition) is 4. The average Bonchev–Trinajstić information content (AvgIpc) is 3.07. The van der Waals surface area contributed by atoms with Crippen LogP contribution in [0, 0.1) is 0 Å². The van der Waals surface area contributed by atoms with E-state index in [1.165, 1.54) is 16.2 Å². The highest BCUT2D eigenvalue weighted by Gasteiger charge is 2.13. The van der Waals surface area contributed by atoms with Crippen molar-refractivity contribution in [3.8, 4) is 0 Å². The molecule has 2 N–H and O–H groups in total. The first-order valence-corrected chi connectivity index (χ1v) is 6.58. The van der Waals surface area contributed by atoms with Gasteiger partial charge in [0.1, 0.15) is 5.82 Å². The smallest absolute Gasteiger partial charge is 0.261 e. The van der Waals surface area contributed by atoms with E-state index in [1.54, 1.807) is 31.6 Å². The highest BCUT2D eigenvalue weighted by molar-refractivity contribution is 7.12. The quantitative estimate of drug-likeness (QED) is 0.851. The predicted molar refractivity (Wildman–Crippen MR) is 71.7 cm³/mol. The van der Waals surface area contributed by atoms with Crippen LogP contribution in [0.25, 0.3) is 0 Å². The van der Waals surface area contributed by atoms with Crippen LogP contribution in [0.3, 0.4) is 0 Å². The Morgan fingerprint density at radius 1 is 1.53 bits per heavy atom. The largest absolute Gasteiger partial charge is 0.347 e. The summed E-state index contributed by atoms with van der Waals surface area (Å²) in [5.41, 5.74) is 0. The lowest BCUT2D eigenvalue weighted by Gasteiger charge is -2.15. The number of aromatic nitrogens is 2. The van der Waals surface area contributed by atoms with E-state index in [1.807, 2.05) is 5.38 Å². The summed E-state index contributed by atoms with van der Waals surface area (Å²) >= 11 is 1.34. The standard InChI is InChI=1S/C12H14N4O2S/c1-16(8-10-13-4-5-14-10)11(17)7-15-12(18)9-3-2-6-19-9/h2-6H,7-8H2,1H3,(H,13,14)(H,15,18). The van der Waals surface area contributed by atoms with E-state index in [2.05, 4.69) is 15.3 Å². The maximum Gasteiger partial charge on any atom is 0.261 e. The zero-order valence-corrected chi connectivity index (χ0v) is 11.2. The van der Waals surface area contributed by atoms with Gasteiger partial charge in [-0.05, 0) is 11.4 Å². The Labute approximate surface area is 114 Å². The van der Waals surface area contributed by atoms with E-state index in [0.717, 1.165) is 0 Å². The number of carbonyl (C=O) groups is 2. The number of H-pyrrole nitrogens is 1. The minimum atomic E-state index is -0.227. The molecule has 2 aromatic heterocycles. The normalized spacial score (nSPS) is 10.2. The molecule has 0 spiro atoms. The van der Waals surface area contributed by atoms with Gasteiger partial charge in [-0.25, -0.2) is 4.98 Å². The van der Waals surface area contributed by atoms with Gasteiger partial charge in [-0.1, -0.05) is 6.07 Å².